The molecule has 122 valence electrons. The van der Waals surface area contributed by atoms with E-state index in [-0.39, 0.29) is 30.2 Å². The van der Waals surface area contributed by atoms with Gasteiger partial charge in [0, 0.05) is 18.9 Å². The summed E-state index contributed by atoms with van der Waals surface area (Å²) in [6.45, 7) is 0.441. The fourth-order valence-electron chi connectivity index (χ4n) is 2.44. The average molecular weight is 325 g/mol. The number of pyridine rings is 1. The summed E-state index contributed by atoms with van der Waals surface area (Å²) in [5.74, 6) is -0.775. The van der Waals surface area contributed by atoms with E-state index in [9.17, 15) is 14.4 Å². The van der Waals surface area contributed by atoms with Gasteiger partial charge in [-0.15, -0.1) is 0 Å². The molecule has 0 fully saturated rings. The minimum absolute atomic E-state index is 0.179. The van der Waals surface area contributed by atoms with Gasteiger partial charge in [-0.3, -0.25) is 19.3 Å². The van der Waals surface area contributed by atoms with Crippen molar-refractivity contribution in [2.75, 3.05) is 25.6 Å². The largest absolute Gasteiger partial charge is 0.383 e. The minimum atomic E-state index is -0.417. The second-order valence-corrected chi connectivity index (χ2v) is 5.18. The third kappa shape index (κ3) is 2.89. The number of imide groups is 1. The van der Waals surface area contributed by atoms with Crippen molar-refractivity contribution in [2.45, 2.75) is 0 Å². The summed E-state index contributed by atoms with van der Waals surface area (Å²) in [6.07, 6.45) is 1.56. The molecule has 0 unspecified atom stereocenters. The number of nitrogens with one attached hydrogen (secondary N) is 1. The highest BCUT2D eigenvalue weighted by Gasteiger charge is 2.35. The molecule has 7 heteroatoms. The van der Waals surface area contributed by atoms with Gasteiger partial charge in [0.15, 0.2) is 0 Å². The third-order valence-corrected chi connectivity index (χ3v) is 3.66. The summed E-state index contributed by atoms with van der Waals surface area (Å²) >= 11 is 0. The number of methoxy groups -OCH3 is 1. The number of benzene rings is 1. The summed E-state index contributed by atoms with van der Waals surface area (Å²) < 4.78 is 4.91. The number of aromatic nitrogens is 1. The molecule has 3 rings (SSSR count). The summed E-state index contributed by atoms with van der Waals surface area (Å²) in [5, 5.41) is 2.64. The highest BCUT2D eigenvalue weighted by atomic mass is 16.5. The monoisotopic (exact) mass is 325 g/mol. The smallest absolute Gasteiger partial charge is 0.261 e. The van der Waals surface area contributed by atoms with Crippen LogP contribution in [0.25, 0.3) is 0 Å². The Morgan fingerprint density at radius 1 is 1.17 bits per heavy atom. The fourth-order valence-corrected chi connectivity index (χ4v) is 2.44. The van der Waals surface area contributed by atoms with E-state index in [2.05, 4.69) is 10.3 Å². The number of hydrogen-bond donors (Lipinski definition) is 1. The molecule has 3 amide bonds. The standard InChI is InChI=1S/C17H15N3O4/c1-24-9-8-20-16(22)12-6-5-11(10-13(12)17(20)23)15(21)19-14-4-2-3-7-18-14/h2-7,10H,8-9H2,1H3,(H,18,19,21). The van der Waals surface area contributed by atoms with E-state index in [1.165, 1.54) is 25.3 Å². The first kappa shape index (κ1) is 15.8. The topological polar surface area (TPSA) is 88.6 Å². The molecule has 1 aliphatic rings. The molecule has 0 radical (unpaired) electrons. The number of carbonyl (C=O) groups is 3. The molecule has 7 nitrogen and oxygen atoms in total. The van der Waals surface area contributed by atoms with Crippen molar-refractivity contribution in [3.63, 3.8) is 0 Å². The Morgan fingerprint density at radius 2 is 1.96 bits per heavy atom. The Kier molecular flexibility index (Phi) is 4.35. The Bertz CT molecular complexity index is 805. The van der Waals surface area contributed by atoms with Crippen LogP contribution in [0.5, 0.6) is 0 Å². The molecule has 1 aromatic carbocycles. The lowest BCUT2D eigenvalue weighted by molar-refractivity contribution is 0.0603. The van der Waals surface area contributed by atoms with E-state index < -0.39 is 11.8 Å². The quantitative estimate of drug-likeness (QED) is 0.843. The van der Waals surface area contributed by atoms with E-state index in [4.69, 9.17) is 4.74 Å². The molecule has 2 heterocycles. The van der Waals surface area contributed by atoms with Gasteiger partial charge in [-0.25, -0.2) is 4.98 Å². The number of hydrogen-bond acceptors (Lipinski definition) is 5. The predicted octanol–water partition coefficient (Wildman–Crippen LogP) is 1.58. The molecule has 0 spiro atoms. The van der Waals surface area contributed by atoms with Crippen LogP contribution < -0.4 is 5.32 Å². The maximum atomic E-state index is 12.4. The van der Waals surface area contributed by atoms with Gasteiger partial charge in [-0.1, -0.05) is 6.07 Å². The molecule has 1 aliphatic heterocycles. The fraction of sp³-hybridized carbons (Fsp3) is 0.176. The van der Waals surface area contributed by atoms with Crippen LogP contribution in [0, 0.1) is 0 Å². The van der Waals surface area contributed by atoms with E-state index in [1.54, 1.807) is 24.4 Å². The number of nitrogens with zero attached hydrogens (tertiary/aromatic N) is 2. The van der Waals surface area contributed by atoms with Crippen LogP contribution in [0.3, 0.4) is 0 Å². The van der Waals surface area contributed by atoms with Gasteiger partial charge in [0.05, 0.1) is 24.3 Å². The third-order valence-electron chi connectivity index (χ3n) is 3.66. The summed E-state index contributed by atoms with van der Waals surface area (Å²) in [4.78, 5) is 42.0. The Hall–Kier alpha value is -3.06. The average Bonchev–Trinajstić information content (AvgIpc) is 2.84. The van der Waals surface area contributed by atoms with Crippen molar-refractivity contribution in [2.24, 2.45) is 0 Å². The van der Waals surface area contributed by atoms with Crippen LogP contribution in [0.15, 0.2) is 42.6 Å². The highest BCUT2D eigenvalue weighted by molar-refractivity contribution is 6.22. The normalized spacial score (nSPS) is 13.1. The molecule has 0 aliphatic carbocycles. The Morgan fingerprint density at radius 3 is 2.67 bits per heavy atom. The van der Waals surface area contributed by atoms with Gasteiger partial charge in [-0.2, -0.15) is 0 Å². The zero-order valence-corrected chi connectivity index (χ0v) is 13.0. The van der Waals surface area contributed by atoms with Gasteiger partial charge in [0.25, 0.3) is 17.7 Å². The molecule has 1 aromatic heterocycles. The van der Waals surface area contributed by atoms with Gasteiger partial charge in [0.1, 0.15) is 5.82 Å². The second-order valence-electron chi connectivity index (χ2n) is 5.18. The molecule has 2 aromatic rings. The van der Waals surface area contributed by atoms with Crippen LogP contribution in [-0.4, -0.2) is 47.9 Å². The summed E-state index contributed by atoms with van der Waals surface area (Å²) in [6, 6.07) is 9.59. The van der Waals surface area contributed by atoms with E-state index in [1.807, 2.05) is 0 Å². The lowest BCUT2D eigenvalue weighted by Gasteiger charge is -2.12. The second kappa shape index (κ2) is 6.59. The number of anilines is 1. The van der Waals surface area contributed by atoms with E-state index in [0.717, 1.165) is 4.90 Å². The summed E-state index contributed by atoms with van der Waals surface area (Å²) in [5.41, 5.74) is 0.810. The Balaban J connectivity index is 1.83. The van der Waals surface area contributed by atoms with E-state index >= 15 is 0 Å². The number of rotatable bonds is 5. The maximum Gasteiger partial charge on any atom is 0.261 e. The van der Waals surface area contributed by atoms with Crippen molar-refractivity contribution in [3.8, 4) is 0 Å². The zero-order chi connectivity index (χ0) is 17.1. The molecule has 0 bridgehead atoms. The first-order valence-electron chi connectivity index (χ1n) is 7.33. The van der Waals surface area contributed by atoms with Gasteiger partial charge in [0.2, 0.25) is 0 Å². The lowest BCUT2D eigenvalue weighted by Crippen LogP contribution is -2.32. The van der Waals surface area contributed by atoms with Crippen molar-refractivity contribution in [1.29, 1.82) is 0 Å². The number of fused-ring (bicyclic) bond motifs is 1. The van der Waals surface area contributed by atoms with Crippen LogP contribution in [0.2, 0.25) is 0 Å². The SMILES string of the molecule is COCCN1C(=O)c2ccc(C(=O)Nc3ccccn3)cc2C1=O. The lowest BCUT2D eigenvalue weighted by atomic mass is 10.1. The van der Waals surface area contributed by atoms with Crippen molar-refractivity contribution >= 4 is 23.5 Å². The molecule has 0 atom stereocenters. The molecular weight excluding hydrogens is 310 g/mol. The van der Waals surface area contributed by atoms with Gasteiger partial charge in [-0.05, 0) is 30.3 Å². The van der Waals surface area contributed by atoms with Crippen molar-refractivity contribution in [3.05, 3.63) is 59.3 Å². The predicted molar refractivity (Wildman–Crippen MR) is 85.9 cm³/mol. The number of amides is 3. The number of ether oxygens (including phenoxy) is 1. The van der Waals surface area contributed by atoms with Gasteiger partial charge < -0.3 is 10.1 Å². The minimum Gasteiger partial charge on any atom is -0.383 e. The van der Waals surface area contributed by atoms with Gasteiger partial charge >= 0.3 is 0 Å². The van der Waals surface area contributed by atoms with E-state index in [0.29, 0.717) is 11.4 Å². The first-order valence-corrected chi connectivity index (χ1v) is 7.33. The Labute approximate surface area is 138 Å². The van der Waals surface area contributed by atoms with Crippen molar-refractivity contribution < 1.29 is 19.1 Å². The molecule has 24 heavy (non-hydrogen) atoms. The first-order chi connectivity index (χ1) is 11.6. The van der Waals surface area contributed by atoms with Crippen LogP contribution in [0.1, 0.15) is 31.1 Å². The molecule has 0 saturated carbocycles. The highest BCUT2D eigenvalue weighted by Crippen LogP contribution is 2.24. The molecule has 1 N–H and O–H groups in total. The van der Waals surface area contributed by atoms with Crippen LogP contribution in [0.4, 0.5) is 5.82 Å². The van der Waals surface area contributed by atoms with Crippen molar-refractivity contribution in [1.82, 2.24) is 9.88 Å². The van der Waals surface area contributed by atoms with Crippen LogP contribution in [-0.2, 0) is 4.74 Å². The maximum absolute atomic E-state index is 12.4. The molecule has 0 saturated heterocycles. The zero-order valence-electron chi connectivity index (χ0n) is 13.0. The molecular formula is C17H15N3O4. The van der Waals surface area contributed by atoms with Crippen LogP contribution >= 0.6 is 0 Å². The number of carbonyl (C=O) groups excluding carboxylic acids is 3. The summed E-state index contributed by atoms with van der Waals surface area (Å²) in [7, 11) is 1.50.